The van der Waals surface area contributed by atoms with Gasteiger partial charge in [0.15, 0.2) is 0 Å². The highest BCUT2D eigenvalue weighted by molar-refractivity contribution is 7.13. The molecule has 1 N–H and O–H groups in total. The van der Waals surface area contributed by atoms with E-state index in [1.807, 2.05) is 30.3 Å². The Hall–Kier alpha value is -2.08. The number of methoxy groups -OCH3 is 1. The molecule has 4 nitrogen and oxygen atoms in total. The fourth-order valence-corrected chi connectivity index (χ4v) is 4.45. The molecule has 4 rings (SSSR count). The molecule has 6 heteroatoms. The highest BCUT2D eigenvalue weighted by Crippen LogP contribution is 2.25. The monoisotopic (exact) mass is 400 g/mol. The number of halogens is 1. The normalized spacial score (nSPS) is 15.1. The molecule has 0 radical (unpaired) electrons. The molecule has 2 heterocycles. The van der Waals surface area contributed by atoms with E-state index in [1.54, 1.807) is 23.3 Å². The van der Waals surface area contributed by atoms with Crippen LogP contribution in [0.15, 0.2) is 53.9 Å². The second-order valence-electron chi connectivity index (χ2n) is 6.77. The predicted molar refractivity (Wildman–Crippen MR) is 112 cm³/mol. The standard InChI is InChI=1S/C21H22ClN3OS/c1-26-20-7-5-16(6-8-20)21-23-18(15-27-21)14-24-9-11-25(12-10-24)19-4-2-3-17(22)13-19/h2-8,13,15H,9-12,14H2,1H3/p+1. The van der Waals surface area contributed by atoms with Crippen LogP contribution >= 0.6 is 22.9 Å². The number of nitrogens with zero attached hydrogens (tertiary/aromatic N) is 2. The van der Waals surface area contributed by atoms with Crippen LogP contribution in [0.5, 0.6) is 5.75 Å². The number of nitrogens with one attached hydrogen (secondary N) is 1. The average molecular weight is 401 g/mol. The van der Waals surface area contributed by atoms with Gasteiger partial charge < -0.3 is 14.5 Å². The zero-order chi connectivity index (χ0) is 18.6. The maximum absolute atomic E-state index is 6.12. The molecule has 1 aliphatic rings. The number of hydrogen-bond donors (Lipinski definition) is 1. The first-order chi connectivity index (χ1) is 13.2. The fraction of sp³-hybridized carbons (Fsp3) is 0.286. The van der Waals surface area contributed by atoms with Crippen LogP contribution in [-0.2, 0) is 6.54 Å². The third kappa shape index (κ3) is 4.43. The van der Waals surface area contributed by atoms with Gasteiger partial charge in [0, 0.05) is 21.7 Å². The lowest BCUT2D eigenvalue weighted by Gasteiger charge is -2.33. The van der Waals surface area contributed by atoms with Crippen LogP contribution in [0, 0.1) is 0 Å². The first-order valence-corrected chi connectivity index (χ1v) is 10.4. The Morgan fingerprint density at radius 3 is 2.63 bits per heavy atom. The van der Waals surface area contributed by atoms with E-state index in [-0.39, 0.29) is 0 Å². The number of hydrogen-bond acceptors (Lipinski definition) is 4. The van der Waals surface area contributed by atoms with E-state index in [0.29, 0.717) is 0 Å². The summed E-state index contributed by atoms with van der Waals surface area (Å²) in [5.41, 5.74) is 3.54. The van der Waals surface area contributed by atoms with E-state index in [9.17, 15) is 0 Å². The first kappa shape index (κ1) is 18.3. The fourth-order valence-electron chi connectivity index (χ4n) is 3.44. The lowest BCUT2D eigenvalue weighted by Crippen LogP contribution is -3.13. The minimum absolute atomic E-state index is 0.802. The van der Waals surface area contributed by atoms with E-state index in [4.69, 9.17) is 21.3 Å². The molecule has 0 bridgehead atoms. The second kappa shape index (κ2) is 8.30. The summed E-state index contributed by atoms with van der Waals surface area (Å²) in [6, 6.07) is 16.2. The van der Waals surface area contributed by atoms with Crippen molar-refractivity contribution in [2.24, 2.45) is 0 Å². The molecule has 0 unspecified atom stereocenters. The smallest absolute Gasteiger partial charge is 0.123 e. The van der Waals surface area contributed by atoms with Crippen molar-refractivity contribution in [3.63, 3.8) is 0 Å². The number of quaternary nitrogens is 1. The van der Waals surface area contributed by atoms with Crippen LogP contribution < -0.4 is 14.5 Å². The topological polar surface area (TPSA) is 29.8 Å². The van der Waals surface area contributed by atoms with Gasteiger partial charge in [0.25, 0.3) is 0 Å². The van der Waals surface area contributed by atoms with E-state index >= 15 is 0 Å². The summed E-state index contributed by atoms with van der Waals surface area (Å²) in [6.45, 7) is 5.30. The van der Waals surface area contributed by atoms with E-state index in [1.165, 1.54) is 11.4 Å². The molecule has 2 aromatic carbocycles. The van der Waals surface area contributed by atoms with Gasteiger partial charge in [-0.05, 0) is 42.5 Å². The lowest BCUT2D eigenvalue weighted by atomic mass is 10.2. The highest BCUT2D eigenvalue weighted by atomic mass is 35.5. The summed E-state index contributed by atoms with van der Waals surface area (Å²) >= 11 is 7.84. The van der Waals surface area contributed by atoms with Gasteiger partial charge in [0.05, 0.1) is 33.3 Å². The molecule has 1 aliphatic heterocycles. The molecule has 3 aromatic rings. The number of ether oxygens (including phenoxy) is 1. The van der Waals surface area contributed by atoms with Crippen LogP contribution in [0.4, 0.5) is 5.69 Å². The third-order valence-electron chi connectivity index (χ3n) is 4.96. The van der Waals surface area contributed by atoms with Gasteiger partial charge in [-0.15, -0.1) is 11.3 Å². The summed E-state index contributed by atoms with van der Waals surface area (Å²) in [4.78, 5) is 8.84. The highest BCUT2D eigenvalue weighted by Gasteiger charge is 2.21. The van der Waals surface area contributed by atoms with Gasteiger partial charge in [0.2, 0.25) is 0 Å². The van der Waals surface area contributed by atoms with E-state index in [0.717, 1.165) is 54.1 Å². The molecule has 140 valence electrons. The van der Waals surface area contributed by atoms with E-state index in [2.05, 4.69) is 28.5 Å². The molecule has 0 spiro atoms. The Morgan fingerprint density at radius 2 is 1.93 bits per heavy atom. The van der Waals surface area contributed by atoms with Crippen LogP contribution in [0.3, 0.4) is 0 Å². The molecule has 0 atom stereocenters. The minimum Gasteiger partial charge on any atom is -0.497 e. The van der Waals surface area contributed by atoms with Crippen molar-refractivity contribution in [2.75, 3.05) is 38.2 Å². The molecule has 1 saturated heterocycles. The summed E-state index contributed by atoms with van der Waals surface area (Å²) in [5, 5.41) is 4.07. The lowest BCUT2D eigenvalue weighted by molar-refractivity contribution is -0.914. The maximum atomic E-state index is 6.12. The first-order valence-electron chi connectivity index (χ1n) is 9.14. The second-order valence-corrected chi connectivity index (χ2v) is 8.06. The largest absolute Gasteiger partial charge is 0.497 e. The number of rotatable bonds is 5. The number of thiazole rings is 1. The average Bonchev–Trinajstić information content (AvgIpc) is 3.17. The predicted octanol–water partition coefficient (Wildman–Crippen LogP) is 3.38. The van der Waals surface area contributed by atoms with Gasteiger partial charge in [-0.2, -0.15) is 0 Å². The quantitative estimate of drug-likeness (QED) is 0.712. The summed E-state index contributed by atoms with van der Waals surface area (Å²) in [5.74, 6) is 0.873. The Bertz CT molecular complexity index is 888. The zero-order valence-electron chi connectivity index (χ0n) is 15.3. The van der Waals surface area contributed by atoms with Crippen LogP contribution in [0.1, 0.15) is 5.69 Å². The Morgan fingerprint density at radius 1 is 1.15 bits per heavy atom. The third-order valence-corrected chi connectivity index (χ3v) is 6.14. The Labute approximate surface area is 169 Å². The molecule has 1 aromatic heterocycles. The van der Waals surface area contributed by atoms with Gasteiger partial charge in [-0.3, -0.25) is 0 Å². The van der Waals surface area contributed by atoms with Crippen molar-refractivity contribution in [3.05, 3.63) is 64.6 Å². The summed E-state index contributed by atoms with van der Waals surface area (Å²) < 4.78 is 5.23. The number of piperazine rings is 1. The van der Waals surface area contributed by atoms with Gasteiger partial charge >= 0.3 is 0 Å². The van der Waals surface area contributed by atoms with Gasteiger partial charge in [-0.25, -0.2) is 4.98 Å². The summed E-state index contributed by atoms with van der Waals surface area (Å²) in [7, 11) is 1.69. The maximum Gasteiger partial charge on any atom is 0.123 e. The van der Waals surface area contributed by atoms with Gasteiger partial charge in [-0.1, -0.05) is 17.7 Å². The van der Waals surface area contributed by atoms with Crippen LogP contribution in [-0.4, -0.2) is 38.3 Å². The van der Waals surface area contributed by atoms with Crippen molar-refractivity contribution in [3.8, 4) is 16.3 Å². The molecular formula is C21H23ClN3OS+. The van der Waals surface area contributed by atoms with Crippen molar-refractivity contribution in [1.82, 2.24) is 4.98 Å². The van der Waals surface area contributed by atoms with Crippen molar-refractivity contribution < 1.29 is 9.64 Å². The molecule has 1 fully saturated rings. The SMILES string of the molecule is COc1ccc(-c2nc(C[NH+]3CCN(c4cccc(Cl)c4)CC3)cs2)cc1. The molecule has 0 amide bonds. The Kier molecular flexibility index (Phi) is 5.62. The molecule has 0 aliphatic carbocycles. The number of anilines is 1. The molecule has 27 heavy (non-hydrogen) atoms. The summed E-state index contributed by atoms with van der Waals surface area (Å²) in [6.07, 6.45) is 0. The minimum atomic E-state index is 0.802. The molecular weight excluding hydrogens is 378 g/mol. The van der Waals surface area contributed by atoms with E-state index < -0.39 is 0 Å². The van der Waals surface area contributed by atoms with Crippen molar-refractivity contribution in [2.45, 2.75) is 6.54 Å². The number of aromatic nitrogens is 1. The molecule has 0 saturated carbocycles. The van der Waals surface area contributed by atoms with Crippen molar-refractivity contribution >= 4 is 28.6 Å². The van der Waals surface area contributed by atoms with Crippen molar-refractivity contribution in [1.29, 1.82) is 0 Å². The van der Waals surface area contributed by atoms with Crippen LogP contribution in [0.2, 0.25) is 5.02 Å². The Balaban J connectivity index is 1.35. The number of benzene rings is 2. The zero-order valence-corrected chi connectivity index (χ0v) is 16.9. The van der Waals surface area contributed by atoms with Crippen LogP contribution in [0.25, 0.3) is 10.6 Å². The van der Waals surface area contributed by atoms with Gasteiger partial charge in [0.1, 0.15) is 23.0 Å².